The summed E-state index contributed by atoms with van der Waals surface area (Å²) in [5.74, 6) is -3.05. The summed E-state index contributed by atoms with van der Waals surface area (Å²) in [4.78, 5) is 39.5. The Kier molecular flexibility index (Phi) is 6.34. The molecule has 0 aliphatic rings. The van der Waals surface area contributed by atoms with Crippen molar-refractivity contribution in [1.82, 2.24) is 20.1 Å². The molecule has 0 bridgehead atoms. The van der Waals surface area contributed by atoms with E-state index in [1.807, 2.05) is 0 Å². The number of carboxylic acids is 1. The number of nitrogens with two attached hydrogens (primary N) is 2. The number of halogens is 1. The van der Waals surface area contributed by atoms with Crippen LogP contribution in [0.5, 0.6) is 5.75 Å². The highest BCUT2D eigenvalue weighted by Crippen LogP contribution is 2.35. The lowest BCUT2D eigenvalue weighted by Gasteiger charge is -2.11. The predicted octanol–water partition coefficient (Wildman–Crippen LogP) is 2.44. The number of hydrogen-bond donors (Lipinski definition) is 5. The van der Waals surface area contributed by atoms with Crippen LogP contribution in [0, 0.1) is 5.82 Å². The molecule has 4 rings (SSSR count). The van der Waals surface area contributed by atoms with Gasteiger partial charge in [-0.3, -0.25) is 9.59 Å². The normalized spacial score (nSPS) is 11.9. The zero-order chi connectivity index (χ0) is 26.1. The number of ether oxygens (including phenoxy) is 1. The highest BCUT2D eigenvalue weighted by molar-refractivity contribution is 6.07. The van der Waals surface area contributed by atoms with Gasteiger partial charge in [-0.1, -0.05) is 12.1 Å². The second-order valence-electron chi connectivity index (χ2n) is 8.00. The summed E-state index contributed by atoms with van der Waals surface area (Å²) in [5.41, 5.74) is 13.5. The fraction of sp³-hybridized carbons (Fsp3) is 0.167. The first-order valence-corrected chi connectivity index (χ1v) is 10.8. The van der Waals surface area contributed by atoms with Crippen molar-refractivity contribution in [2.24, 2.45) is 5.73 Å². The fourth-order valence-corrected chi connectivity index (χ4v) is 3.98. The first kappa shape index (κ1) is 24.3. The number of methoxy groups -OCH3 is 1. The van der Waals surface area contributed by atoms with Gasteiger partial charge < -0.3 is 31.6 Å². The molecule has 2 amide bonds. The lowest BCUT2D eigenvalue weighted by molar-refractivity contribution is -0.140. The third-order valence-corrected chi connectivity index (χ3v) is 5.83. The molecule has 1 atom stereocenters. The molecule has 0 aliphatic heterocycles. The van der Waals surface area contributed by atoms with E-state index in [2.05, 4.69) is 15.4 Å². The van der Waals surface area contributed by atoms with Crippen molar-refractivity contribution in [3.8, 4) is 17.0 Å². The smallest absolute Gasteiger partial charge is 0.328 e. The van der Waals surface area contributed by atoms with Gasteiger partial charge in [-0.05, 0) is 36.8 Å². The molecule has 0 unspecified atom stereocenters. The third-order valence-electron chi connectivity index (χ3n) is 5.83. The minimum atomic E-state index is -1.18. The van der Waals surface area contributed by atoms with E-state index in [-0.39, 0.29) is 34.9 Å². The lowest BCUT2D eigenvalue weighted by atomic mass is 10.00. The van der Waals surface area contributed by atoms with Gasteiger partial charge in [0, 0.05) is 23.7 Å². The van der Waals surface area contributed by atoms with Crippen molar-refractivity contribution >= 4 is 34.5 Å². The number of carbonyl (C=O) groups is 3. The summed E-state index contributed by atoms with van der Waals surface area (Å²) in [6.45, 7) is 1.47. The van der Waals surface area contributed by atoms with E-state index in [1.54, 1.807) is 24.4 Å². The van der Waals surface area contributed by atoms with Crippen molar-refractivity contribution in [3.63, 3.8) is 0 Å². The van der Waals surface area contributed by atoms with E-state index in [0.29, 0.717) is 22.0 Å². The van der Waals surface area contributed by atoms with Crippen LogP contribution in [0.4, 0.5) is 10.2 Å². The molecule has 0 saturated carbocycles. The van der Waals surface area contributed by atoms with Crippen LogP contribution in [0.25, 0.3) is 22.2 Å². The molecule has 36 heavy (non-hydrogen) atoms. The van der Waals surface area contributed by atoms with Crippen LogP contribution < -0.4 is 21.5 Å². The van der Waals surface area contributed by atoms with Crippen molar-refractivity contribution in [2.45, 2.75) is 19.5 Å². The SMILES string of the molecule is COc1ccc(F)cc1C(=O)NCc1ccc(-c2nn([C@@H](C)C(=O)O)c(N)c2C(N)=O)c2cc[nH]c12. The van der Waals surface area contributed by atoms with Gasteiger partial charge in [0.1, 0.15) is 34.7 Å². The van der Waals surface area contributed by atoms with E-state index in [1.165, 1.54) is 26.2 Å². The number of rotatable bonds is 8. The number of amides is 2. The van der Waals surface area contributed by atoms with Crippen LogP contribution in [0.1, 0.15) is 39.2 Å². The maximum atomic E-state index is 13.7. The molecule has 0 fully saturated rings. The van der Waals surface area contributed by atoms with Gasteiger partial charge in [0.25, 0.3) is 11.8 Å². The maximum Gasteiger partial charge on any atom is 0.328 e. The number of aromatic amines is 1. The molecule has 0 aliphatic carbocycles. The molecule has 2 aromatic heterocycles. The van der Waals surface area contributed by atoms with E-state index in [0.717, 1.165) is 10.7 Å². The molecular weight excluding hydrogens is 471 g/mol. The minimum absolute atomic E-state index is 0.0523. The average molecular weight is 494 g/mol. The number of nitrogens with one attached hydrogen (secondary N) is 2. The van der Waals surface area contributed by atoms with Crippen molar-refractivity contribution in [3.05, 3.63) is 65.1 Å². The molecule has 0 spiro atoms. The summed E-state index contributed by atoms with van der Waals surface area (Å²) in [7, 11) is 1.39. The van der Waals surface area contributed by atoms with E-state index in [9.17, 15) is 23.9 Å². The number of fused-ring (bicyclic) bond motifs is 1. The van der Waals surface area contributed by atoms with Gasteiger partial charge in [-0.15, -0.1) is 0 Å². The Balaban J connectivity index is 1.71. The zero-order valence-corrected chi connectivity index (χ0v) is 19.3. The molecule has 186 valence electrons. The van der Waals surface area contributed by atoms with E-state index < -0.39 is 29.6 Å². The number of carbonyl (C=O) groups excluding carboxylic acids is 2. The number of nitrogens with zero attached hydrogens (tertiary/aromatic N) is 2. The fourth-order valence-electron chi connectivity index (χ4n) is 3.98. The Morgan fingerprint density at radius 3 is 2.67 bits per heavy atom. The predicted molar refractivity (Wildman–Crippen MR) is 129 cm³/mol. The van der Waals surface area contributed by atoms with Gasteiger partial charge in [-0.2, -0.15) is 5.10 Å². The van der Waals surface area contributed by atoms with E-state index >= 15 is 0 Å². The number of carboxylic acid groups (broad SMARTS) is 1. The number of hydrogen-bond acceptors (Lipinski definition) is 6. The third kappa shape index (κ3) is 4.19. The molecule has 7 N–H and O–H groups in total. The summed E-state index contributed by atoms with van der Waals surface area (Å²) >= 11 is 0. The van der Waals surface area contributed by atoms with Crippen LogP contribution in [0.15, 0.2) is 42.6 Å². The summed E-state index contributed by atoms with van der Waals surface area (Å²) in [6, 6.07) is 7.64. The van der Waals surface area contributed by atoms with Crippen LogP contribution in [-0.4, -0.2) is 44.8 Å². The molecule has 4 aromatic rings. The Labute approximate surface area is 203 Å². The molecular formula is C24H23FN6O5. The second kappa shape index (κ2) is 9.41. The number of benzene rings is 2. The Morgan fingerprint density at radius 2 is 2.00 bits per heavy atom. The Bertz CT molecular complexity index is 1510. The summed E-state index contributed by atoms with van der Waals surface area (Å²) in [6.07, 6.45) is 1.67. The summed E-state index contributed by atoms with van der Waals surface area (Å²) < 4.78 is 19.9. The maximum absolute atomic E-state index is 13.7. The van der Waals surface area contributed by atoms with Crippen LogP contribution >= 0.6 is 0 Å². The monoisotopic (exact) mass is 494 g/mol. The number of aliphatic carboxylic acids is 1. The van der Waals surface area contributed by atoms with Gasteiger partial charge in [0.2, 0.25) is 0 Å². The Morgan fingerprint density at radius 1 is 1.25 bits per heavy atom. The van der Waals surface area contributed by atoms with Crippen LogP contribution in [0.2, 0.25) is 0 Å². The van der Waals surface area contributed by atoms with Gasteiger partial charge >= 0.3 is 5.97 Å². The molecule has 2 aromatic carbocycles. The number of aromatic nitrogens is 3. The minimum Gasteiger partial charge on any atom is -0.496 e. The van der Waals surface area contributed by atoms with Crippen molar-refractivity contribution in [2.75, 3.05) is 12.8 Å². The summed E-state index contributed by atoms with van der Waals surface area (Å²) in [5, 5.41) is 17.1. The lowest BCUT2D eigenvalue weighted by Crippen LogP contribution is -2.23. The first-order chi connectivity index (χ1) is 17.1. The molecule has 11 nitrogen and oxygen atoms in total. The topological polar surface area (TPSA) is 178 Å². The van der Waals surface area contributed by atoms with Crippen LogP contribution in [-0.2, 0) is 11.3 Å². The molecule has 12 heteroatoms. The zero-order valence-electron chi connectivity index (χ0n) is 19.3. The largest absolute Gasteiger partial charge is 0.496 e. The molecule has 2 heterocycles. The number of nitrogen functional groups attached to an aromatic ring is 1. The van der Waals surface area contributed by atoms with Crippen LogP contribution in [0.3, 0.4) is 0 Å². The highest BCUT2D eigenvalue weighted by Gasteiger charge is 2.27. The first-order valence-electron chi connectivity index (χ1n) is 10.8. The standard InChI is InChI=1S/C24H23FN6O5/c1-11(24(34)35)31-21(26)18(22(27)32)20(30-31)14-5-3-12(19-15(14)7-8-28-19)10-29-23(33)16-9-13(25)4-6-17(16)36-2/h3-9,11,28H,10,26H2,1-2H3,(H2,27,32)(H,29,33)(H,34,35)/t11-/m0/s1. The number of anilines is 1. The van der Waals surface area contributed by atoms with Gasteiger partial charge in [0.05, 0.1) is 18.2 Å². The quantitative estimate of drug-likeness (QED) is 0.250. The number of primary amides is 1. The molecule has 0 saturated heterocycles. The second-order valence-corrected chi connectivity index (χ2v) is 8.00. The van der Waals surface area contributed by atoms with Crippen molar-refractivity contribution in [1.29, 1.82) is 0 Å². The molecule has 0 radical (unpaired) electrons. The van der Waals surface area contributed by atoms with Crippen molar-refractivity contribution < 1.29 is 28.6 Å². The number of H-pyrrole nitrogens is 1. The average Bonchev–Trinajstić information content (AvgIpc) is 3.47. The Hall–Kier alpha value is -4.87. The van der Waals surface area contributed by atoms with E-state index in [4.69, 9.17) is 16.2 Å². The van der Waals surface area contributed by atoms with Gasteiger partial charge in [-0.25, -0.2) is 13.9 Å². The highest BCUT2D eigenvalue weighted by atomic mass is 19.1. The van der Waals surface area contributed by atoms with Gasteiger partial charge in [0.15, 0.2) is 0 Å².